The second-order valence-corrected chi connectivity index (χ2v) is 4.80. The molecule has 0 unspecified atom stereocenters. The van der Waals surface area contributed by atoms with Crippen molar-refractivity contribution in [3.8, 4) is 5.75 Å². The van der Waals surface area contributed by atoms with Gasteiger partial charge in [-0.15, -0.1) is 0 Å². The number of amides is 1. The van der Waals surface area contributed by atoms with Crippen molar-refractivity contribution in [3.63, 3.8) is 0 Å². The maximum Gasteiger partial charge on any atom is 0.216 e. The van der Waals surface area contributed by atoms with Crippen LogP contribution in [0.3, 0.4) is 0 Å². The number of ether oxygens (including phenoxy) is 1. The van der Waals surface area contributed by atoms with Crippen molar-refractivity contribution in [3.05, 3.63) is 65.7 Å². The molecule has 2 rings (SSSR count). The lowest BCUT2D eigenvalue weighted by Gasteiger charge is -2.13. The van der Waals surface area contributed by atoms with E-state index in [9.17, 15) is 9.90 Å². The maximum absolute atomic E-state index is 10.9. The van der Waals surface area contributed by atoms with E-state index in [0.717, 1.165) is 5.56 Å². The van der Waals surface area contributed by atoms with Gasteiger partial charge in [0.25, 0.3) is 0 Å². The van der Waals surface area contributed by atoms with Gasteiger partial charge in [0.2, 0.25) is 5.91 Å². The van der Waals surface area contributed by atoms with Crippen LogP contribution in [-0.2, 0) is 11.4 Å². The van der Waals surface area contributed by atoms with Crippen molar-refractivity contribution in [2.75, 3.05) is 6.54 Å². The molecular formula is C17H19NO3. The maximum atomic E-state index is 10.9. The van der Waals surface area contributed by atoms with Crippen LogP contribution in [0.4, 0.5) is 0 Å². The number of rotatable bonds is 6. The molecule has 21 heavy (non-hydrogen) atoms. The average molecular weight is 285 g/mol. The van der Waals surface area contributed by atoms with Gasteiger partial charge in [0.15, 0.2) is 0 Å². The number of carbonyl (C=O) groups excluding carboxylic acids is 1. The Balaban J connectivity index is 1.95. The molecule has 4 nitrogen and oxygen atoms in total. The van der Waals surface area contributed by atoms with Crippen molar-refractivity contribution in [2.24, 2.45) is 0 Å². The Morgan fingerprint density at radius 3 is 2.67 bits per heavy atom. The molecule has 2 N–H and O–H groups in total. The lowest BCUT2D eigenvalue weighted by Crippen LogP contribution is -2.25. The lowest BCUT2D eigenvalue weighted by atomic mass is 10.1. The largest absolute Gasteiger partial charge is 0.489 e. The number of hydrogen-bond donors (Lipinski definition) is 2. The molecule has 4 heteroatoms. The van der Waals surface area contributed by atoms with Crippen molar-refractivity contribution >= 4 is 5.91 Å². The Kier molecular flexibility index (Phi) is 5.35. The van der Waals surface area contributed by atoms with Gasteiger partial charge in [-0.1, -0.05) is 42.5 Å². The molecule has 2 aromatic rings. The Morgan fingerprint density at radius 1 is 1.19 bits per heavy atom. The molecule has 1 amide bonds. The molecule has 0 aliphatic heterocycles. The molecule has 0 fully saturated rings. The van der Waals surface area contributed by atoms with Gasteiger partial charge in [0, 0.05) is 13.5 Å². The van der Waals surface area contributed by atoms with Crippen LogP contribution in [0.15, 0.2) is 54.6 Å². The van der Waals surface area contributed by atoms with Crippen molar-refractivity contribution in [1.82, 2.24) is 5.32 Å². The second kappa shape index (κ2) is 7.45. The number of aliphatic hydroxyl groups excluding tert-OH is 1. The monoisotopic (exact) mass is 285 g/mol. The standard InChI is InChI=1S/C17H19NO3/c1-13(19)18-11-17(20)15-8-5-9-16(10-15)21-12-14-6-3-2-4-7-14/h2-10,17,20H,11-12H2,1H3,(H,18,19)/t17-/m0/s1. The van der Waals surface area contributed by atoms with E-state index in [-0.39, 0.29) is 12.5 Å². The van der Waals surface area contributed by atoms with Gasteiger partial charge < -0.3 is 15.2 Å². The van der Waals surface area contributed by atoms with E-state index in [4.69, 9.17) is 4.74 Å². The van der Waals surface area contributed by atoms with Gasteiger partial charge in [0.05, 0.1) is 6.10 Å². The number of aliphatic hydroxyl groups is 1. The summed E-state index contributed by atoms with van der Waals surface area (Å²) in [5, 5.41) is 12.6. The molecular weight excluding hydrogens is 266 g/mol. The zero-order chi connectivity index (χ0) is 15.1. The molecule has 0 aliphatic carbocycles. The van der Waals surface area contributed by atoms with Crippen LogP contribution in [0.1, 0.15) is 24.2 Å². The van der Waals surface area contributed by atoms with Crippen LogP contribution in [-0.4, -0.2) is 17.6 Å². The van der Waals surface area contributed by atoms with Crippen LogP contribution < -0.4 is 10.1 Å². The summed E-state index contributed by atoms with van der Waals surface area (Å²) in [6.07, 6.45) is -0.742. The highest BCUT2D eigenvalue weighted by Crippen LogP contribution is 2.20. The minimum atomic E-state index is -0.742. The summed E-state index contributed by atoms with van der Waals surface area (Å²) in [4.78, 5) is 10.9. The fourth-order valence-corrected chi connectivity index (χ4v) is 1.91. The molecule has 2 aromatic carbocycles. The van der Waals surface area contributed by atoms with E-state index < -0.39 is 6.10 Å². The summed E-state index contributed by atoms with van der Waals surface area (Å²) in [5.74, 6) is 0.531. The third kappa shape index (κ3) is 4.93. The summed E-state index contributed by atoms with van der Waals surface area (Å²) < 4.78 is 5.71. The number of hydrogen-bond acceptors (Lipinski definition) is 3. The third-order valence-corrected chi connectivity index (χ3v) is 3.04. The Labute approximate surface area is 124 Å². The summed E-state index contributed by atoms with van der Waals surface area (Å²) in [6.45, 7) is 2.09. The van der Waals surface area contributed by atoms with E-state index in [1.165, 1.54) is 6.92 Å². The molecule has 0 radical (unpaired) electrons. The number of carbonyl (C=O) groups is 1. The van der Waals surface area contributed by atoms with E-state index in [2.05, 4.69) is 5.32 Å². The molecule has 0 bridgehead atoms. The van der Waals surface area contributed by atoms with Crippen LogP contribution in [0.25, 0.3) is 0 Å². The molecule has 0 saturated carbocycles. The Morgan fingerprint density at radius 2 is 1.95 bits per heavy atom. The topological polar surface area (TPSA) is 58.6 Å². The predicted octanol–water partition coefficient (Wildman–Crippen LogP) is 2.44. The summed E-state index contributed by atoms with van der Waals surface area (Å²) in [5.41, 5.74) is 1.80. The normalized spacial score (nSPS) is 11.7. The third-order valence-electron chi connectivity index (χ3n) is 3.04. The fourth-order valence-electron chi connectivity index (χ4n) is 1.91. The van der Waals surface area contributed by atoms with Crippen molar-refractivity contribution in [1.29, 1.82) is 0 Å². The smallest absolute Gasteiger partial charge is 0.216 e. The number of benzene rings is 2. The van der Waals surface area contributed by atoms with Gasteiger partial charge in [0.1, 0.15) is 12.4 Å². The molecule has 0 saturated heterocycles. The molecule has 110 valence electrons. The van der Waals surface area contributed by atoms with Gasteiger partial charge in [-0.3, -0.25) is 4.79 Å². The Bertz CT molecular complexity index is 584. The lowest BCUT2D eigenvalue weighted by molar-refractivity contribution is -0.119. The first-order chi connectivity index (χ1) is 10.1. The minimum Gasteiger partial charge on any atom is -0.489 e. The predicted molar refractivity (Wildman–Crippen MR) is 80.9 cm³/mol. The fraction of sp³-hybridized carbons (Fsp3) is 0.235. The van der Waals surface area contributed by atoms with E-state index in [1.54, 1.807) is 6.07 Å². The Hall–Kier alpha value is -2.33. The first-order valence-electron chi connectivity index (χ1n) is 6.84. The second-order valence-electron chi connectivity index (χ2n) is 4.80. The van der Waals surface area contributed by atoms with Crippen LogP contribution in [0, 0.1) is 0 Å². The average Bonchev–Trinajstić information content (AvgIpc) is 2.52. The highest BCUT2D eigenvalue weighted by atomic mass is 16.5. The molecule has 1 atom stereocenters. The van der Waals surface area contributed by atoms with Crippen LogP contribution in [0.5, 0.6) is 5.75 Å². The first-order valence-corrected chi connectivity index (χ1v) is 6.84. The quantitative estimate of drug-likeness (QED) is 0.857. The first kappa shape index (κ1) is 15.1. The van der Waals surface area contributed by atoms with Crippen LogP contribution >= 0.6 is 0 Å². The van der Waals surface area contributed by atoms with Gasteiger partial charge in [-0.25, -0.2) is 0 Å². The van der Waals surface area contributed by atoms with Crippen molar-refractivity contribution in [2.45, 2.75) is 19.6 Å². The molecule has 0 aromatic heterocycles. The van der Waals surface area contributed by atoms with E-state index >= 15 is 0 Å². The highest BCUT2D eigenvalue weighted by molar-refractivity contribution is 5.72. The molecule has 0 aliphatic rings. The zero-order valence-electron chi connectivity index (χ0n) is 12.0. The van der Waals surface area contributed by atoms with E-state index in [0.29, 0.717) is 17.9 Å². The molecule has 0 spiro atoms. The SMILES string of the molecule is CC(=O)NC[C@H](O)c1cccc(OCc2ccccc2)c1. The summed E-state index contributed by atoms with van der Waals surface area (Å²) >= 11 is 0. The van der Waals surface area contributed by atoms with Gasteiger partial charge >= 0.3 is 0 Å². The zero-order valence-corrected chi connectivity index (χ0v) is 12.0. The summed E-state index contributed by atoms with van der Waals surface area (Å²) in [6, 6.07) is 17.1. The minimum absolute atomic E-state index is 0.162. The summed E-state index contributed by atoms with van der Waals surface area (Å²) in [7, 11) is 0. The van der Waals surface area contributed by atoms with Crippen molar-refractivity contribution < 1.29 is 14.6 Å². The van der Waals surface area contributed by atoms with Gasteiger partial charge in [-0.05, 0) is 23.3 Å². The van der Waals surface area contributed by atoms with Crippen LogP contribution in [0.2, 0.25) is 0 Å². The highest BCUT2D eigenvalue weighted by Gasteiger charge is 2.09. The van der Waals surface area contributed by atoms with E-state index in [1.807, 2.05) is 48.5 Å². The number of nitrogens with one attached hydrogen (secondary N) is 1. The van der Waals surface area contributed by atoms with Gasteiger partial charge in [-0.2, -0.15) is 0 Å². The molecule has 0 heterocycles.